The van der Waals surface area contributed by atoms with Crippen molar-refractivity contribution < 1.29 is 9.90 Å². The summed E-state index contributed by atoms with van der Waals surface area (Å²) in [6, 6.07) is 3.01. The molecule has 0 aliphatic rings. The van der Waals surface area contributed by atoms with Crippen molar-refractivity contribution in [2.75, 3.05) is 5.73 Å². The minimum atomic E-state index is -0.999. The number of hydrogen-bond donors (Lipinski definition) is 2. The van der Waals surface area contributed by atoms with E-state index in [1.54, 1.807) is 6.07 Å². The van der Waals surface area contributed by atoms with Gasteiger partial charge in [0.05, 0.1) is 5.56 Å². The molecule has 12 heavy (non-hydrogen) atoms. The van der Waals surface area contributed by atoms with E-state index < -0.39 is 5.97 Å². The molecule has 0 aliphatic heterocycles. The maximum Gasteiger partial charge on any atom is 0.336 e. The van der Waals surface area contributed by atoms with Crippen molar-refractivity contribution in [2.24, 2.45) is 0 Å². The van der Waals surface area contributed by atoms with E-state index >= 15 is 0 Å². The molecule has 3 nitrogen and oxygen atoms in total. The molecule has 1 rings (SSSR count). The molecule has 0 fully saturated rings. The third-order valence-corrected chi connectivity index (χ3v) is 2.66. The quantitative estimate of drug-likeness (QED) is 0.782. The van der Waals surface area contributed by atoms with Gasteiger partial charge in [-0.05, 0) is 44.0 Å². The lowest BCUT2D eigenvalue weighted by molar-refractivity contribution is 0.0696. The minimum absolute atomic E-state index is 0.163. The van der Waals surface area contributed by atoms with Crippen LogP contribution in [0.25, 0.3) is 0 Å². The van der Waals surface area contributed by atoms with Gasteiger partial charge in [0.1, 0.15) is 0 Å². The first-order chi connectivity index (χ1) is 5.52. The lowest BCUT2D eigenvalue weighted by Crippen LogP contribution is -1.99. The fourth-order valence-electron chi connectivity index (χ4n) is 0.730. The zero-order valence-corrected chi connectivity index (χ0v) is 9.02. The highest BCUT2D eigenvalue weighted by molar-refractivity contribution is 9.11. The van der Waals surface area contributed by atoms with Crippen LogP contribution in [0.4, 0.5) is 5.69 Å². The van der Waals surface area contributed by atoms with Crippen LogP contribution in [0.5, 0.6) is 0 Å². The summed E-state index contributed by atoms with van der Waals surface area (Å²) in [6.45, 7) is 0. The molecule has 3 N–H and O–H groups in total. The number of nitrogen functional groups attached to an aromatic ring is 1. The normalized spacial score (nSPS) is 9.83. The lowest BCUT2D eigenvalue weighted by atomic mass is 10.2. The Kier molecular flexibility index (Phi) is 2.74. The predicted molar refractivity (Wildman–Crippen MR) is 53.2 cm³/mol. The van der Waals surface area contributed by atoms with Crippen LogP contribution in [0.1, 0.15) is 10.4 Å². The highest BCUT2D eigenvalue weighted by Gasteiger charge is 2.10. The Labute approximate surface area is 85.8 Å². The van der Waals surface area contributed by atoms with E-state index in [2.05, 4.69) is 31.9 Å². The molecule has 0 aliphatic carbocycles. The van der Waals surface area contributed by atoms with Gasteiger partial charge in [0.2, 0.25) is 0 Å². The fraction of sp³-hybridized carbons (Fsp3) is 0. The zero-order chi connectivity index (χ0) is 9.30. The molecule has 0 saturated carbocycles. The maximum absolute atomic E-state index is 10.6. The lowest BCUT2D eigenvalue weighted by Gasteiger charge is -2.02. The first-order valence-corrected chi connectivity index (χ1v) is 4.59. The number of anilines is 1. The van der Waals surface area contributed by atoms with Crippen molar-refractivity contribution in [3.05, 3.63) is 26.6 Å². The van der Waals surface area contributed by atoms with E-state index in [0.717, 1.165) is 0 Å². The summed E-state index contributed by atoms with van der Waals surface area (Å²) in [5.74, 6) is -0.999. The Morgan fingerprint density at radius 3 is 2.42 bits per heavy atom. The minimum Gasteiger partial charge on any atom is -0.478 e. The van der Waals surface area contributed by atoms with Crippen molar-refractivity contribution in [2.45, 2.75) is 0 Å². The summed E-state index contributed by atoms with van der Waals surface area (Å²) in [4.78, 5) is 10.6. The van der Waals surface area contributed by atoms with Crippen LogP contribution in [0, 0.1) is 0 Å². The Bertz CT molecular complexity index is 338. The van der Waals surface area contributed by atoms with E-state index in [1.165, 1.54) is 6.07 Å². The average molecular weight is 295 g/mol. The largest absolute Gasteiger partial charge is 0.478 e. The summed E-state index contributed by atoms with van der Waals surface area (Å²) < 4.78 is 1.19. The van der Waals surface area contributed by atoms with E-state index in [0.29, 0.717) is 14.6 Å². The molecule has 1 aromatic carbocycles. The number of carboxylic acid groups (broad SMARTS) is 1. The third-order valence-electron chi connectivity index (χ3n) is 1.32. The highest BCUT2D eigenvalue weighted by Crippen LogP contribution is 2.27. The number of halogens is 2. The van der Waals surface area contributed by atoms with Crippen LogP contribution in [0.2, 0.25) is 0 Å². The fourth-order valence-corrected chi connectivity index (χ4v) is 1.89. The molecular formula is C7H5Br2NO2. The number of carboxylic acids is 1. The van der Waals surface area contributed by atoms with Crippen molar-refractivity contribution in [1.82, 2.24) is 0 Å². The molecule has 1 aromatic rings. The third kappa shape index (κ3) is 1.78. The molecule has 0 saturated heterocycles. The van der Waals surface area contributed by atoms with Gasteiger partial charge in [0.15, 0.2) is 0 Å². The SMILES string of the molecule is Nc1cc(C(=O)O)c(Br)cc1Br. The zero-order valence-electron chi connectivity index (χ0n) is 5.84. The van der Waals surface area contributed by atoms with Crippen molar-refractivity contribution in [3.63, 3.8) is 0 Å². The summed E-state index contributed by atoms with van der Waals surface area (Å²) in [5, 5.41) is 8.68. The molecule has 0 amide bonds. The van der Waals surface area contributed by atoms with Crippen molar-refractivity contribution >= 4 is 43.5 Å². The van der Waals surface area contributed by atoms with E-state index in [1.807, 2.05) is 0 Å². The van der Waals surface area contributed by atoms with Gasteiger partial charge in [-0.2, -0.15) is 0 Å². The predicted octanol–water partition coefficient (Wildman–Crippen LogP) is 2.49. The summed E-state index contributed by atoms with van der Waals surface area (Å²) >= 11 is 6.30. The Balaban J connectivity index is 3.33. The van der Waals surface area contributed by atoms with Crippen molar-refractivity contribution in [1.29, 1.82) is 0 Å². The Morgan fingerprint density at radius 2 is 1.92 bits per heavy atom. The number of hydrogen-bond acceptors (Lipinski definition) is 2. The second kappa shape index (κ2) is 3.45. The molecule has 0 aromatic heterocycles. The van der Waals surface area contributed by atoms with Crippen LogP contribution in [0.15, 0.2) is 21.1 Å². The topological polar surface area (TPSA) is 63.3 Å². The Morgan fingerprint density at radius 1 is 1.33 bits per heavy atom. The van der Waals surface area contributed by atoms with Gasteiger partial charge < -0.3 is 10.8 Å². The number of nitrogens with two attached hydrogens (primary N) is 1. The van der Waals surface area contributed by atoms with Crippen LogP contribution in [-0.2, 0) is 0 Å². The monoisotopic (exact) mass is 293 g/mol. The van der Waals surface area contributed by atoms with Crippen LogP contribution in [0.3, 0.4) is 0 Å². The van der Waals surface area contributed by atoms with E-state index in [-0.39, 0.29) is 5.56 Å². The van der Waals surface area contributed by atoms with E-state index in [9.17, 15) is 4.79 Å². The number of rotatable bonds is 1. The van der Waals surface area contributed by atoms with Gasteiger partial charge in [-0.15, -0.1) is 0 Å². The van der Waals surface area contributed by atoms with Gasteiger partial charge in [0, 0.05) is 14.6 Å². The second-order valence-corrected chi connectivity index (χ2v) is 3.87. The summed E-state index contributed by atoms with van der Waals surface area (Å²) in [5.41, 5.74) is 6.07. The first-order valence-electron chi connectivity index (χ1n) is 3.00. The van der Waals surface area contributed by atoms with Gasteiger partial charge in [-0.1, -0.05) is 0 Å². The molecular weight excluding hydrogens is 290 g/mol. The second-order valence-electron chi connectivity index (χ2n) is 2.16. The van der Waals surface area contributed by atoms with Gasteiger partial charge in [0.25, 0.3) is 0 Å². The van der Waals surface area contributed by atoms with Crippen LogP contribution < -0.4 is 5.73 Å². The number of benzene rings is 1. The summed E-state index contributed by atoms with van der Waals surface area (Å²) in [6.07, 6.45) is 0. The standard InChI is InChI=1S/C7H5Br2NO2/c8-4-2-5(9)6(10)1-3(4)7(11)12/h1-2H,10H2,(H,11,12). The Hall–Kier alpha value is -0.550. The molecule has 0 unspecified atom stereocenters. The molecule has 0 radical (unpaired) electrons. The maximum atomic E-state index is 10.6. The molecule has 0 heterocycles. The van der Waals surface area contributed by atoms with Gasteiger partial charge in [-0.25, -0.2) is 4.79 Å². The van der Waals surface area contributed by atoms with Gasteiger partial charge in [-0.3, -0.25) is 0 Å². The molecule has 5 heteroatoms. The van der Waals surface area contributed by atoms with Crippen LogP contribution in [-0.4, -0.2) is 11.1 Å². The first kappa shape index (κ1) is 9.54. The smallest absolute Gasteiger partial charge is 0.336 e. The van der Waals surface area contributed by atoms with Crippen molar-refractivity contribution in [3.8, 4) is 0 Å². The molecule has 0 spiro atoms. The number of carbonyl (C=O) groups is 1. The van der Waals surface area contributed by atoms with Crippen LogP contribution >= 0.6 is 31.9 Å². The molecule has 0 bridgehead atoms. The molecule has 64 valence electrons. The molecule has 0 atom stereocenters. The summed E-state index contributed by atoms with van der Waals surface area (Å²) in [7, 11) is 0. The number of aromatic carboxylic acids is 1. The van der Waals surface area contributed by atoms with E-state index in [4.69, 9.17) is 10.8 Å². The van der Waals surface area contributed by atoms with Gasteiger partial charge >= 0.3 is 5.97 Å². The average Bonchev–Trinajstić information content (AvgIpc) is 1.96. The highest BCUT2D eigenvalue weighted by atomic mass is 79.9.